The number of aromatic nitrogens is 3. The van der Waals surface area contributed by atoms with Crippen LogP contribution in [0.5, 0.6) is 0 Å². The minimum atomic E-state index is -0.145. The van der Waals surface area contributed by atoms with Gasteiger partial charge < -0.3 is 9.88 Å². The summed E-state index contributed by atoms with van der Waals surface area (Å²) < 4.78 is 0. The van der Waals surface area contributed by atoms with Gasteiger partial charge in [0.1, 0.15) is 11.6 Å². The molecule has 6 nitrogen and oxygen atoms in total. The number of nitrogens with zero attached hydrogens (tertiary/aromatic N) is 4. The molecule has 1 aromatic carbocycles. The molecule has 1 fully saturated rings. The Morgan fingerprint density at radius 2 is 1.79 bits per heavy atom. The van der Waals surface area contributed by atoms with E-state index in [9.17, 15) is 4.79 Å². The molecule has 28 heavy (non-hydrogen) atoms. The number of hydrogen-bond acceptors (Lipinski definition) is 5. The fourth-order valence-electron chi connectivity index (χ4n) is 4.17. The van der Waals surface area contributed by atoms with E-state index >= 15 is 0 Å². The summed E-state index contributed by atoms with van der Waals surface area (Å²) in [5.74, 6) is 1.98. The van der Waals surface area contributed by atoms with E-state index in [-0.39, 0.29) is 11.8 Å². The SMILES string of the molecule is Cc1cc(N2CCN(C(C)C(=O)c3c(C)[nH]c4ccccc34)CC2)nc(C)n1. The second-order valence-corrected chi connectivity index (χ2v) is 7.65. The lowest BCUT2D eigenvalue weighted by Gasteiger charge is -2.38. The number of carbonyl (C=O) groups excluding carboxylic acids is 1. The number of para-hydroxylation sites is 1. The van der Waals surface area contributed by atoms with Gasteiger partial charge in [0.25, 0.3) is 0 Å². The van der Waals surface area contributed by atoms with Crippen LogP contribution in [0.2, 0.25) is 0 Å². The van der Waals surface area contributed by atoms with Gasteiger partial charge in [-0.1, -0.05) is 18.2 Å². The number of nitrogens with one attached hydrogen (secondary N) is 1. The maximum atomic E-state index is 13.3. The molecule has 0 saturated carbocycles. The molecule has 3 heterocycles. The van der Waals surface area contributed by atoms with Gasteiger partial charge in [-0.05, 0) is 33.8 Å². The monoisotopic (exact) mass is 377 g/mol. The highest BCUT2D eigenvalue weighted by molar-refractivity contribution is 6.11. The van der Waals surface area contributed by atoms with E-state index in [0.29, 0.717) is 0 Å². The molecule has 0 radical (unpaired) electrons. The topological polar surface area (TPSA) is 65.1 Å². The van der Waals surface area contributed by atoms with E-state index in [4.69, 9.17) is 0 Å². The summed E-state index contributed by atoms with van der Waals surface area (Å²) in [5.41, 5.74) is 3.79. The summed E-state index contributed by atoms with van der Waals surface area (Å²) in [6.45, 7) is 11.3. The highest BCUT2D eigenvalue weighted by atomic mass is 16.1. The van der Waals surface area contributed by atoms with Gasteiger partial charge in [0.05, 0.1) is 6.04 Å². The summed E-state index contributed by atoms with van der Waals surface area (Å²) in [6.07, 6.45) is 0. The first-order valence-electron chi connectivity index (χ1n) is 9.87. The summed E-state index contributed by atoms with van der Waals surface area (Å²) >= 11 is 0. The lowest BCUT2D eigenvalue weighted by atomic mass is 10.0. The smallest absolute Gasteiger partial charge is 0.182 e. The van der Waals surface area contributed by atoms with E-state index in [1.807, 2.05) is 58.0 Å². The summed E-state index contributed by atoms with van der Waals surface area (Å²) in [7, 11) is 0. The number of hydrogen-bond donors (Lipinski definition) is 1. The number of aromatic amines is 1. The number of rotatable bonds is 4. The Hall–Kier alpha value is -2.73. The van der Waals surface area contributed by atoms with Crippen LogP contribution in [0, 0.1) is 20.8 Å². The van der Waals surface area contributed by atoms with Crippen molar-refractivity contribution in [2.75, 3.05) is 31.1 Å². The zero-order valence-electron chi connectivity index (χ0n) is 17.0. The highest BCUT2D eigenvalue weighted by Crippen LogP contribution is 2.25. The fourth-order valence-corrected chi connectivity index (χ4v) is 4.17. The second-order valence-electron chi connectivity index (χ2n) is 7.65. The van der Waals surface area contributed by atoms with Crippen molar-refractivity contribution in [3.8, 4) is 0 Å². The molecule has 1 unspecified atom stereocenters. The summed E-state index contributed by atoms with van der Waals surface area (Å²) in [4.78, 5) is 30.1. The normalized spacial score (nSPS) is 16.5. The zero-order valence-corrected chi connectivity index (χ0v) is 17.0. The lowest BCUT2D eigenvalue weighted by molar-refractivity contribution is 0.0831. The Labute approximate surface area is 165 Å². The van der Waals surface area contributed by atoms with E-state index in [1.54, 1.807) is 0 Å². The molecule has 4 rings (SSSR count). The van der Waals surface area contributed by atoms with Gasteiger partial charge in [-0.25, -0.2) is 9.97 Å². The number of piperazine rings is 1. The predicted molar refractivity (Wildman–Crippen MR) is 112 cm³/mol. The molecular weight excluding hydrogens is 350 g/mol. The number of Topliss-reactive ketones (excluding diaryl/α,β-unsaturated/α-hetero) is 1. The molecule has 1 aliphatic rings. The van der Waals surface area contributed by atoms with Gasteiger partial charge in [-0.15, -0.1) is 0 Å². The van der Waals surface area contributed by atoms with Crippen molar-refractivity contribution in [3.63, 3.8) is 0 Å². The molecule has 1 N–H and O–H groups in total. The molecule has 6 heteroatoms. The Balaban J connectivity index is 1.48. The molecule has 0 bridgehead atoms. The number of fused-ring (bicyclic) bond motifs is 1. The molecule has 0 amide bonds. The largest absolute Gasteiger partial charge is 0.358 e. The van der Waals surface area contributed by atoms with Crippen LogP contribution in [-0.2, 0) is 0 Å². The number of ketones is 1. The molecule has 0 aliphatic carbocycles. The average molecular weight is 377 g/mol. The third-order valence-corrected chi connectivity index (χ3v) is 5.66. The minimum absolute atomic E-state index is 0.145. The quantitative estimate of drug-likeness (QED) is 0.707. The Bertz CT molecular complexity index is 997. The fraction of sp³-hybridized carbons (Fsp3) is 0.409. The third-order valence-electron chi connectivity index (χ3n) is 5.66. The van der Waals surface area contributed by atoms with Gasteiger partial charge >= 0.3 is 0 Å². The summed E-state index contributed by atoms with van der Waals surface area (Å²) in [6, 6.07) is 9.92. The first-order valence-corrected chi connectivity index (χ1v) is 9.87. The van der Waals surface area contributed by atoms with Crippen LogP contribution in [0.4, 0.5) is 5.82 Å². The van der Waals surface area contributed by atoms with Crippen molar-refractivity contribution in [2.45, 2.75) is 33.7 Å². The number of aryl methyl sites for hydroxylation is 3. The van der Waals surface area contributed by atoms with Crippen molar-refractivity contribution in [1.82, 2.24) is 19.9 Å². The van der Waals surface area contributed by atoms with Gasteiger partial charge in [0, 0.05) is 60.1 Å². The predicted octanol–water partition coefficient (Wildman–Crippen LogP) is 3.28. The molecule has 0 spiro atoms. The molecule has 3 aromatic rings. The maximum absolute atomic E-state index is 13.3. The van der Waals surface area contributed by atoms with E-state index in [0.717, 1.165) is 65.7 Å². The van der Waals surface area contributed by atoms with Crippen LogP contribution in [-0.4, -0.2) is 57.9 Å². The maximum Gasteiger partial charge on any atom is 0.182 e. The van der Waals surface area contributed by atoms with Crippen LogP contribution in [0.25, 0.3) is 10.9 Å². The van der Waals surface area contributed by atoms with Crippen molar-refractivity contribution < 1.29 is 4.79 Å². The zero-order chi connectivity index (χ0) is 19.8. The molecule has 2 aromatic heterocycles. The van der Waals surface area contributed by atoms with Crippen LogP contribution < -0.4 is 4.90 Å². The van der Waals surface area contributed by atoms with E-state index in [1.165, 1.54) is 0 Å². The van der Waals surface area contributed by atoms with Gasteiger partial charge in [0.2, 0.25) is 0 Å². The van der Waals surface area contributed by atoms with Gasteiger partial charge in [0.15, 0.2) is 5.78 Å². The first-order chi connectivity index (χ1) is 13.4. The first kappa shape index (κ1) is 18.6. The average Bonchev–Trinajstić information content (AvgIpc) is 3.02. The number of H-pyrrole nitrogens is 1. The van der Waals surface area contributed by atoms with Crippen LogP contribution in [0.1, 0.15) is 34.5 Å². The van der Waals surface area contributed by atoms with Crippen molar-refractivity contribution >= 4 is 22.5 Å². The second kappa shape index (κ2) is 7.36. The molecule has 1 atom stereocenters. The summed E-state index contributed by atoms with van der Waals surface area (Å²) in [5, 5.41) is 1.02. The Morgan fingerprint density at radius 1 is 1.07 bits per heavy atom. The van der Waals surface area contributed by atoms with Gasteiger partial charge in [-0.2, -0.15) is 0 Å². The highest BCUT2D eigenvalue weighted by Gasteiger charge is 2.29. The number of anilines is 1. The molecular formula is C22H27N5O. The van der Waals surface area contributed by atoms with Crippen LogP contribution >= 0.6 is 0 Å². The van der Waals surface area contributed by atoms with Gasteiger partial charge in [-0.3, -0.25) is 9.69 Å². The standard InChI is InChI=1S/C22H27N5O/c1-14-13-20(25-17(4)23-14)27-11-9-26(10-12-27)16(3)22(28)21-15(2)24-19-8-6-5-7-18(19)21/h5-8,13,16,24H,9-12H2,1-4H3. The van der Waals surface area contributed by atoms with E-state index in [2.05, 4.69) is 24.8 Å². The molecule has 1 aliphatic heterocycles. The Kier molecular flexibility index (Phi) is 4.89. The molecule has 146 valence electrons. The van der Waals surface area contributed by atoms with Crippen LogP contribution in [0.15, 0.2) is 30.3 Å². The Morgan fingerprint density at radius 3 is 2.50 bits per heavy atom. The number of carbonyl (C=O) groups is 1. The lowest BCUT2D eigenvalue weighted by Crippen LogP contribution is -2.52. The van der Waals surface area contributed by atoms with Crippen LogP contribution in [0.3, 0.4) is 0 Å². The molecule has 1 saturated heterocycles. The van der Waals surface area contributed by atoms with Crippen molar-refractivity contribution in [3.05, 3.63) is 53.1 Å². The van der Waals surface area contributed by atoms with Crippen molar-refractivity contribution in [1.29, 1.82) is 0 Å². The third kappa shape index (κ3) is 3.40. The van der Waals surface area contributed by atoms with Crippen molar-refractivity contribution in [2.24, 2.45) is 0 Å². The minimum Gasteiger partial charge on any atom is -0.358 e. The van der Waals surface area contributed by atoms with E-state index < -0.39 is 0 Å². The number of benzene rings is 1.